The topological polar surface area (TPSA) is 41.6 Å². The van der Waals surface area contributed by atoms with E-state index in [0.29, 0.717) is 17.9 Å². The standard InChI is InChI=1S/C13H22N2O2S.ClH/c16-13(10-9-17-7-5-14-10)15-6-8-18-12-4-2-1-3-11(12)15;/h10-12,14H,1-9H2;1H. The van der Waals surface area contributed by atoms with Crippen LogP contribution in [0.3, 0.4) is 0 Å². The largest absolute Gasteiger partial charge is 0.378 e. The summed E-state index contributed by atoms with van der Waals surface area (Å²) in [5.74, 6) is 1.37. The molecule has 0 aromatic heterocycles. The van der Waals surface area contributed by atoms with Gasteiger partial charge in [0.2, 0.25) is 5.91 Å². The number of morpholine rings is 1. The lowest BCUT2D eigenvalue weighted by atomic mass is 9.92. The molecule has 2 aliphatic heterocycles. The van der Waals surface area contributed by atoms with E-state index in [0.717, 1.165) is 25.4 Å². The SMILES string of the molecule is Cl.O=C(C1COCCN1)N1CCSC2CCCCC21. The third kappa shape index (κ3) is 3.38. The summed E-state index contributed by atoms with van der Waals surface area (Å²) in [6, 6.07) is 0.373. The summed E-state index contributed by atoms with van der Waals surface area (Å²) < 4.78 is 5.41. The van der Waals surface area contributed by atoms with Crippen molar-refractivity contribution in [1.82, 2.24) is 10.2 Å². The minimum absolute atomic E-state index is 0. The van der Waals surface area contributed by atoms with Gasteiger partial charge in [0.1, 0.15) is 6.04 Å². The smallest absolute Gasteiger partial charge is 0.242 e. The van der Waals surface area contributed by atoms with Gasteiger partial charge < -0.3 is 15.0 Å². The van der Waals surface area contributed by atoms with E-state index in [9.17, 15) is 4.79 Å². The Morgan fingerprint density at radius 1 is 1.32 bits per heavy atom. The summed E-state index contributed by atoms with van der Waals surface area (Å²) in [5.41, 5.74) is 0. The normalized spacial score (nSPS) is 35.2. The second-order valence-corrected chi connectivity index (χ2v) is 6.72. The van der Waals surface area contributed by atoms with E-state index >= 15 is 0 Å². The number of ether oxygens (including phenoxy) is 1. The van der Waals surface area contributed by atoms with Crippen LogP contribution in [0.1, 0.15) is 25.7 Å². The van der Waals surface area contributed by atoms with Crippen LogP contribution in [0.2, 0.25) is 0 Å². The molecule has 0 aromatic rings. The molecule has 3 unspecified atom stereocenters. The van der Waals surface area contributed by atoms with Crippen molar-refractivity contribution in [2.75, 3.05) is 32.1 Å². The van der Waals surface area contributed by atoms with E-state index in [1.807, 2.05) is 0 Å². The number of hydrogen-bond donors (Lipinski definition) is 1. The minimum atomic E-state index is -0.107. The average molecular weight is 307 g/mol. The van der Waals surface area contributed by atoms with Gasteiger partial charge in [-0.15, -0.1) is 12.4 Å². The Hall–Kier alpha value is 0.0300. The van der Waals surface area contributed by atoms with E-state index in [1.165, 1.54) is 25.7 Å². The van der Waals surface area contributed by atoms with Crippen LogP contribution in [0, 0.1) is 0 Å². The quantitative estimate of drug-likeness (QED) is 0.792. The predicted octanol–water partition coefficient (Wildman–Crippen LogP) is 1.28. The number of thioether (sulfide) groups is 1. The first-order chi connectivity index (χ1) is 8.86. The number of halogens is 1. The maximum atomic E-state index is 12.6. The van der Waals surface area contributed by atoms with Crippen LogP contribution in [-0.4, -0.2) is 60.2 Å². The molecule has 3 aliphatic rings. The highest BCUT2D eigenvalue weighted by atomic mass is 35.5. The molecule has 19 heavy (non-hydrogen) atoms. The molecule has 2 saturated heterocycles. The van der Waals surface area contributed by atoms with Gasteiger partial charge in [0.25, 0.3) is 0 Å². The van der Waals surface area contributed by atoms with E-state index in [1.54, 1.807) is 0 Å². The molecule has 3 rings (SSSR count). The molecule has 3 atom stereocenters. The first kappa shape index (κ1) is 15.4. The van der Waals surface area contributed by atoms with Crippen molar-refractivity contribution in [2.24, 2.45) is 0 Å². The lowest BCUT2D eigenvalue weighted by molar-refractivity contribution is -0.139. The third-order valence-corrected chi connectivity index (χ3v) is 5.63. The number of rotatable bonds is 1. The summed E-state index contributed by atoms with van der Waals surface area (Å²) in [6.45, 7) is 2.99. The summed E-state index contributed by atoms with van der Waals surface area (Å²) >= 11 is 2.07. The Kier molecular flexibility index (Phi) is 5.81. The molecule has 0 radical (unpaired) electrons. The second kappa shape index (κ2) is 7.16. The second-order valence-electron chi connectivity index (χ2n) is 5.37. The van der Waals surface area contributed by atoms with E-state index < -0.39 is 0 Å². The zero-order chi connectivity index (χ0) is 12.4. The molecule has 1 N–H and O–H groups in total. The van der Waals surface area contributed by atoms with Crippen molar-refractivity contribution in [2.45, 2.75) is 43.0 Å². The fourth-order valence-electron chi connectivity index (χ4n) is 3.29. The van der Waals surface area contributed by atoms with Gasteiger partial charge in [-0.25, -0.2) is 0 Å². The van der Waals surface area contributed by atoms with Gasteiger partial charge in [-0.1, -0.05) is 12.8 Å². The van der Waals surface area contributed by atoms with Crippen molar-refractivity contribution < 1.29 is 9.53 Å². The van der Waals surface area contributed by atoms with Crippen molar-refractivity contribution in [3.8, 4) is 0 Å². The number of nitrogens with one attached hydrogen (secondary N) is 1. The fourth-order valence-corrected chi connectivity index (χ4v) is 4.74. The number of carbonyl (C=O) groups is 1. The maximum absolute atomic E-state index is 12.6. The van der Waals surface area contributed by atoms with Crippen LogP contribution >= 0.6 is 24.2 Å². The molecule has 1 saturated carbocycles. The molecule has 2 heterocycles. The molecular formula is C13H23ClN2O2S. The van der Waals surface area contributed by atoms with Crippen LogP contribution in [-0.2, 0) is 9.53 Å². The van der Waals surface area contributed by atoms with Crippen molar-refractivity contribution in [1.29, 1.82) is 0 Å². The third-order valence-electron chi connectivity index (χ3n) is 4.23. The molecule has 3 fully saturated rings. The highest BCUT2D eigenvalue weighted by Gasteiger charge is 2.38. The molecule has 4 nitrogen and oxygen atoms in total. The van der Waals surface area contributed by atoms with Crippen LogP contribution in [0.25, 0.3) is 0 Å². The highest BCUT2D eigenvalue weighted by molar-refractivity contribution is 8.00. The zero-order valence-electron chi connectivity index (χ0n) is 11.2. The summed E-state index contributed by atoms with van der Waals surface area (Å²) in [5, 5.41) is 3.97. The van der Waals surface area contributed by atoms with Gasteiger partial charge in [-0.05, 0) is 12.8 Å². The van der Waals surface area contributed by atoms with E-state index in [2.05, 4.69) is 22.0 Å². The predicted molar refractivity (Wildman–Crippen MR) is 80.1 cm³/mol. The lowest BCUT2D eigenvalue weighted by Gasteiger charge is -2.45. The molecular weight excluding hydrogens is 284 g/mol. The number of nitrogens with zero attached hydrogens (tertiary/aromatic N) is 1. The van der Waals surface area contributed by atoms with Crippen molar-refractivity contribution in [3.63, 3.8) is 0 Å². The maximum Gasteiger partial charge on any atom is 0.242 e. The monoisotopic (exact) mass is 306 g/mol. The Morgan fingerprint density at radius 2 is 2.16 bits per heavy atom. The first-order valence-electron chi connectivity index (χ1n) is 7.09. The molecule has 0 aromatic carbocycles. The van der Waals surface area contributed by atoms with Crippen molar-refractivity contribution >= 4 is 30.1 Å². The minimum Gasteiger partial charge on any atom is -0.378 e. The number of hydrogen-bond acceptors (Lipinski definition) is 4. The Balaban J connectivity index is 0.00000133. The van der Waals surface area contributed by atoms with Gasteiger partial charge in [0.05, 0.1) is 13.2 Å². The van der Waals surface area contributed by atoms with Gasteiger partial charge in [0.15, 0.2) is 0 Å². The van der Waals surface area contributed by atoms with Crippen LogP contribution < -0.4 is 5.32 Å². The number of fused-ring (bicyclic) bond motifs is 1. The van der Waals surface area contributed by atoms with Gasteiger partial charge in [-0.2, -0.15) is 11.8 Å². The fraction of sp³-hybridized carbons (Fsp3) is 0.923. The van der Waals surface area contributed by atoms with Gasteiger partial charge >= 0.3 is 0 Å². The van der Waals surface area contributed by atoms with Crippen LogP contribution in [0.4, 0.5) is 0 Å². The number of amides is 1. The van der Waals surface area contributed by atoms with Crippen molar-refractivity contribution in [3.05, 3.63) is 0 Å². The summed E-state index contributed by atoms with van der Waals surface area (Å²) in [7, 11) is 0. The molecule has 1 aliphatic carbocycles. The van der Waals surface area contributed by atoms with Crippen LogP contribution in [0.5, 0.6) is 0 Å². The highest BCUT2D eigenvalue weighted by Crippen LogP contribution is 2.35. The Morgan fingerprint density at radius 3 is 2.95 bits per heavy atom. The van der Waals surface area contributed by atoms with E-state index in [-0.39, 0.29) is 24.4 Å². The zero-order valence-corrected chi connectivity index (χ0v) is 12.8. The van der Waals surface area contributed by atoms with Crippen LogP contribution in [0.15, 0.2) is 0 Å². The summed E-state index contributed by atoms with van der Waals surface area (Å²) in [4.78, 5) is 14.7. The lowest BCUT2D eigenvalue weighted by Crippen LogP contribution is -2.59. The average Bonchev–Trinajstić information content (AvgIpc) is 2.47. The Bertz CT molecular complexity index is 311. The molecule has 0 spiro atoms. The Labute approximate surface area is 125 Å². The first-order valence-corrected chi connectivity index (χ1v) is 8.14. The molecule has 6 heteroatoms. The molecule has 110 valence electrons. The summed E-state index contributed by atoms with van der Waals surface area (Å²) in [6.07, 6.45) is 5.09. The van der Waals surface area contributed by atoms with Gasteiger partial charge in [0, 0.05) is 30.1 Å². The number of carbonyl (C=O) groups excluding carboxylic acids is 1. The van der Waals surface area contributed by atoms with Gasteiger partial charge in [-0.3, -0.25) is 4.79 Å². The molecule has 0 bridgehead atoms. The van der Waals surface area contributed by atoms with E-state index in [4.69, 9.17) is 4.74 Å². The molecule has 1 amide bonds.